The molecule has 0 spiro atoms. The normalized spacial score (nSPS) is 13.1. The van der Waals surface area contributed by atoms with Crippen LogP contribution >= 0.6 is 0 Å². The maximum absolute atomic E-state index is 10.7. The summed E-state index contributed by atoms with van der Waals surface area (Å²) in [5.41, 5.74) is 0.839. The molecule has 0 bridgehead atoms. The number of rotatable bonds is 6. The quantitative estimate of drug-likeness (QED) is 0.641. The Labute approximate surface area is 120 Å². The number of aryl methyl sites for hydroxylation is 1. The van der Waals surface area contributed by atoms with Gasteiger partial charge in [0.05, 0.1) is 11.5 Å². The number of hydrogen-bond acceptors (Lipinski definition) is 4. The SMILES string of the molecule is Cc1cc(OCC(C)CNC(C)(C)C)ccc1[N+](=O)[O-]. The second-order valence-electron chi connectivity index (χ2n) is 6.25. The molecule has 1 atom stereocenters. The Kier molecular flexibility index (Phi) is 5.51. The standard InChI is InChI=1S/C15H24N2O3/c1-11(9-16-15(3,4)5)10-20-13-6-7-14(17(18)19)12(2)8-13/h6-8,11,16H,9-10H2,1-5H3. The molecule has 0 fully saturated rings. The van der Waals surface area contributed by atoms with Gasteiger partial charge in [-0.1, -0.05) is 6.92 Å². The Hall–Kier alpha value is -1.62. The number of nitro groups is 1. The second-order valence-corrected chi connectivity index (χ2v) is 6.25. The Morgan fingerprint density at radius 3 is 2.55 bits per heavy atom. The Bertz CT molecular complexity index is 467. The first-order valence-corrected chi connectivity index (χ1v) is 6.82. The zero-order valence-corrected chi connectivity index (χ0v) is 12.9. The first-order valence-electron chi connectivity index (χ1n) is 6.82. The third-order valence-corrected chi connectivity index (χ3v) is 2.88. The molecular formula is C15H24N2O3. The van der Waals surface area contributed by atoms with Crippen LogP contribution in [0.15, 0.2) is 18.2 Å². The van der Waals surface area contributed by atoms with Gasteiger partial charge in [-0.05, 0) is 39.8 Å². The molecule has 0 aromatic heterocycles. The minimum Gasteiger partial charge on any atom is -0.493 e. The molecule has 112 valence electrons. The van der Waals surface area contributed by atoms with Crippen LogP contribution in [0.1, 0.15) is 33.3 Å². The molecule has 0 aliphatic heterocycles. The van der Waals surface area contributed by atoms with Crippen LogP contribution in [0, 0.1) is 23.0 Å². The highest BCUT2D eigenvalue weighted by Gasteiger charge is 2.13. The van der Waals surface area contributed by atoms with Crippen molar-refractivity contribution in [2.75, 3.05) is 13.2 Å². The van der Waals surface area contributed by atoms with Crippen LogP contribution in [0.5, 0.6) is 5.75 Å². The Balaban J connectivity index is 2.50. The Morgan fingerprint density at radius 1 is 1.40 bits per heavy atom. The van der Waals surface area contributed by atoms with Crippen molar-refractivity contribution in [3.63, 3.8) is 0 Å². The van der Waals surface area contributed by atoms with Crippen molar-refractivity contribution in [3.05, 3.63) is 33.9 Å². The van der Waals surface area contributed by atoms with Gasteiger partial charge < -0.3 is 10.1 Å². The van der Waals surface area contributed by atoms with Crippen LogP contribution in [0.2, 0.25) is 0 Å². The summed E-state index contributed by atoms with van der Waals surface area (Å²) < 4.78 is 5.69. The third-order valence-electron chi connectivity index (χ3n) is 2.88. The number of nitro benzene ring substituents is 1. The smallest absolute Gasteiger partial charge is 0.272 e. The molecule has 1 aromatic rings. The van der Waals surface area contributed by atoms with Crippen molar-refractivity contribution in [1.82, 2.24) is 5.32 Å². The van der Waals surface area contributed by atoms with Gasteiger partial charge in [-0.3, -0.25) is 10.1 Å². The minimum absolute atomic E-state index is 0.0954. The molecule has 20 heavy (non-hydrogen) atoms. The van der Waals surface area contributed by atoms with Gasteiger partial charge in [0.15, 0.2) is 0 Å². The lowest BCUT2D eigenvalue weighted by atomic mass is 10.1. The second kappa shape index (κ2) is 6.70. The van der Waals surface area contributed by atoms with Gasteiger partial charge in [0.25, 0.3) is 5.69 Å². The van der Waals surface area contributed by atoms with Crippen molar-refractivity contribution >= 4 is 5.69 Å². The van der Waals surface area contributed by atoms with Crippen molar-refractivity contribution in [3.8, 4) is 5.75 Å². The fraction of sp³-hybridized carbons (Fsp3) is 0.600. The molecule has 5 heteroatoms. The predicted octanol–water partition coefficient (Wildman–Crippen LogP) is 3.31. The van der Waals surface area contributed by atoms with Crippen LogP contribution in [0.4, 0.5) is 5.69 Å². The summed E-state index contributed by atoms with van der Waals surface area (Å²) >= 11 is 0. The number of hydrogen-bond donors (Lipinski definition) is 1. The molecule has 1 unspecified atom stereocenters. The van der Waals surface area contributed by atoms with E-state index in [0.29, 0.717) is 23.8 Å². The highest BCUT2D eigenvalue weighted by atomic mass is 16.6. The van der Waals surface area contributed by atoms with E-state index in [1.807, 2.05) is 0 Å². The zero-order chi connectivity index (χ0) is 15.3. The van der Waals surface area contributed by atoms with Crippen LogP contribution in [-0.4, -0.2) is 23.6 Å². The fourth-order valence-corrected chi connectivity index (χ4v) is 1.70. The van der Waals surface area contributed by atoms with E-state index in [1.54, 1.807) is 19.1 Å². The molecule has 1 rings (SSSR count). The molecule has 0 radical (unpaired) electrons. The van der Waals surface area contributed by atoms with Gasteiger partial charge >= 0.3 is 0 Å². The van der Waals surface area contributed by atoms with Gasteiger partial charge in [0.2, 0.25) is 0 Å². The molecular weight excluding hydrogens is 256 g/mol. The van der Waals surface area contributed by atoms with E-state index in [0.717, 1.165) is 6.54 Å². The van der Waals surface area contributed by atoms with Crippen LogP contribution in [0.3, 0.4) is 0 Å². The maximum atomic E-state index is 10.7. The summed E-state index contributed by atoms with van der Waals surface area (Å²) in [5.74, 6) is 1.04. The molecule has 0 aliphatic rings. The predicted molar refractivity (Wildman–Crippen MR) is 80.2 cm³/mol. The first-order chi connectivity index (χ1) is 9.19. The maximum Gasteiger partial charge on any atom is 0.272 e. The lowest BCUT2D eigenvalue weighted by Gasteiger charge is -2.23. The average Bonchev–Trinajstić information content (AvgIpc) is 2.32. The molecule has 1 aromatic carbocycles. The van der Waals surface area contributed by atoms with E-state index in [9.17, 15) is 10.1 Å². The largest absolute Gasteiger partial charge is 0.493 e. The third kappa shape index (κ3) is 5.57. The highest BCUT2D eigenvalue weighted by molar-refractivity contribution is 5.44. The van der Waals surface area contributed by atoms with Crippen LogP contribution < -0.4 is 10.1 Å². The van der Waals surface area contributed by atoms with E-state index in [1.165, 1.54) is 6.07 Å². The summed E-state index contributed by atoms with van der Waals surface area (Å²) in [4.78, 5) is 10.4. The number of benzene rings is 1. The van der Waals surface area contributed by atoms with Gasteiger partial charge in [0.1, 0.15) is 5.75 Å². The minimum atomic E-state index is -0.380. The van der Waals surface area contributed by atoms with E-state index >= 15 is 0 Å². The van der Waals surface area contributed by atoms with Gasteiger partial charge in [-0.2, -0.15) is 0 Å². The van der Waals surface area contributed by atoms with Gasteiger partial charge in [0, 0.05) is 29.6 Å². The molecule has 0 aliphatic carbocycles. The molecule has 0 saturated carbocycles. The van der Waals surface area contributed by atoms with Crippen molar-refractivity contribution in [2.45, 2.75) is 40.2 Å². The number of ether oxygens (including phenoxy) is 1. The van der Waals surface area contributed by atoms with Crippen LogP contribution in [0.25, 0.3) is 0 Å². The first kappa shape index (κ1) is 16.4. The monoisotopic (exact) mass is 280 g/mol. The Morgan fingerprint density at radius 2 is 2.05 bits per heavy atom. The van der Waals surface area contributed by atoms with Gasteiger partial charge in [-0.25, -0.2) is 0 Å². The van der Waals surface area contributed by atoms with Crippen molar-refractivity contribution in [2.24, 2.45) is 5.92 Å². The van der Waals surface area contributed by atoms with Crippen LogP contribution in [-0.2, 0) is 0 Å². The molecule has 5 nitrogen and oxygen atoms in total. The lowest BCUT2D eigenvalue weighted by Crippen LogP contribution is -2.39. The summed E-state index contributed by atoms with van der Waals surface area (Å²) in [5, 5.41) is 14.2. The van der Waals surface area contributed by atoms with Crippen molar-refractivity contribution in [1.29, 1.82) is 0 Å². The highest BCUT2D eigenvalue weighted by Crippen LogP contribution is 2.23. The van der Waals surface area contributed by atoms with E-state index in [-0.39, 0.29) is 16.1 Å². The van der Waals surface area contributed by atoms with E-state index in [4.69, 9.17) is 4.74 Å². The van der Waals surface area contributed by atoms with E-state index < -0.39 is 0 Å². The summed E-state index contributed by atoms with van der Waals surface area (Å²) in [6.45, 7) is 11.7. The average molecular weight is 280 g/mol. The summed E-state index contributed by atoms with van der Waals surface area (Å²) in [6.07, 6.45) is 0. The van der Waals surface area contributed by atoms with Gasteiger partial charge in [-0.15, -0.1) is 0 Å². The fourth-order valence-electron chi connectivity index (χ4n) is 1.70. The molecule has 0 heterocycles. The number of nitrogens with one attached hydrogen (secondary N) is 1. The summed E-state index contributed by atoms with van der Waals surface area (Å²) in [6, 6.07) is 4.85. The molecule has 1 N–H and O–H groups in total. The molecule has 0 saturated heterocycles. The topological polar surface area (TPSA) is 64.4 Å². The lowest BCUT2D eigenvalue weighted by molar-refractivity contribution is -0.385. The number of nitrogens with zero attached hydrogens (tertiary/aromatic N) is 1. The zero-order valence-electron chi connectivity index (χ0n) is 12.9. The summed E-state index contributed by atoms with van der Waals surface area (Å²) in [7, 11) is 0. The van der Waals surface area contributed by atoms with Crippen molar-refractivity contribution < 1.29 is 9.66 Å². The van der Waals surface area contributed by atoms with E-state index in [2.05, 4.69) is 33.0 Å². The molecule has 0 amide bonds.